The lowest BCUT2D eigenvalue weighted by molar-refractivity contribution is -0.137. The van der Waals surface area contributed by atoms with Crippen LogP contribution in [0.4, 0.5) is 13.2 Å². The summed E-state index contributed by atoms with van der Waals surface area (Å²) in [6, 6.07) is 5.25. The van der Waals surface area contributed by atoms with Gasteiger partial charge < -0.3 is 5.11 Å². The van der Waals surface area contributed by atoms with Crippen LogP contribution >= 0.6 is 0 Å². The first-order valence-electron chi connectivity index (χ1n) is 6.69. The van der Waals surface area contributed by atoms with E-state index in [1.54, 1.807) is 0 Å². The molecule has 0 aromatic heterocycles. The van der Waals surface area contributed by atoms with E-state index in [0.29, 0.717) is 6.42 Å². The predicted molar refractivity (Wildman–Crippen MR) is 72.3 cm³/mol. The van der Waals surface area contributed by atoms with E-state index in [0.717, 1.165) is 36.1 Å². The molecule has 0 heterocycles. The van der Waals surface area contributed by atoms with Gasteiger partial charge in [0, 0.05) is 0 Å². The minimum atomic E-state index is -4.29. The van der Waals surface area contributed by atoms with Crippen LogP contribution in [0.3, 0.4) is 0 Å². The molecule has 1 aromatic carbocycles. The summed E-state index contributed by atoms with van der Waals surface area (Å²) in [5.74, 6) is 0. The van der Waals surface area contributed by atoms with Crippen molar-refractivity contribution in [1.29, 1.82) is 0 Å². The van der Waals surface area contributed by atoms with E-state index in [1.807, 2.05) is 6.08 Å². The van der Waals surface area contributed by atoms with E-state index in [1.165, 1.54) is 12.1 Å². The maximum Gasteiger partial charge on any atom is 0.416 e. The van der Waals surface area contributed by atoms with E-state index in [2.05, 4.69) is 13.8 Å². The molecule has 1 N–H and O–H groups in total. The van der Waals surface area contributed by atoms with Crippen LogP contribution in [0.5, 0.6) is 0 Å². The third-order valence-corrected chi connectivity index (χ3v) is 3.61. The maximum absolute atomic E-state index is 12.5. The summed E-state index contributed by atoms with van der Waals surface area (Å²) >= 11 is 0. The highest BCUT2D eigenvalue weighted by molar-refractivity contribution is 5.29. The van der Waals surface area contributed by atoms with Gasteiger partial charge in [-0.15, -0.1) is 0 Å². The molecule has 0 spiro atoms. The Balaban J connectivity index is 2.11. The van der Waals surface area contributed by atoms with Gasteiger partial charge in [0.1, 0.15) is 0 Å². The second kappa shape index (κ2) is 5.24. The fourth-order valence-corrected chi connectivity index (χ4v) is 2.84. The molecule has 0 radical (unpaired) electrons. The topological polar surface area (TPSA) is 20.2 Å². The molecule has 20 heavy (non-hydrogen) atoms. The lowest BCUT2D eigenvalue weighted by Gasteiger charge is -2.32. The molecule has 0 bridgehead atoms. The van der Waals surface area contributed by atoms with Crippen LogP contribution in [-0.2, 0) is 12.6 Å². The summed E-state index contributed by atoms with van der Waals surface area (Å²) in [5, 5.41) is 9.82. The van der Waals surface area contributed by atoms with Crippen LogP contribution in [0.2, 0.25) is 0 Å². The van der Waals surface area contributed by atoms with E-state index in [4.69, 9.17) is 0 Å². The van der Waals surface area contributed by atoms with Crippen LogP contribution < -0.4 is 0 Å². The highest BCUT2D eigenvalue weighted by Crippen LogP contribution is 2.37. The van der Waals surface area contributed by atoms with Gasteiger partial charge in [-0.1, -0.05) is 37.6 Å². The third kappa shape index (κ3) is 3.85. The number of benzene rings is 1. The monoisotopic (exact) mass is 284 g/mol. The minimum absolute atomic E-state index is 0.0371. The molecule has 4 heteroatoms. The zero-order valence-corrected chi connectivity index (χ0v) is 11.7. The Bertz CT molecular complexity index is 497. The first-order valence-corrected chi connectivity index (χ1v) is 6.69. The second-order valence-corrected chi connectivity index (χ2v) is 6.31. The quantitative estimate of drug-likeness (QED) is 0.800. The van der Waals surface area contributed by atoms with Gasteiger partial charge in [-0.05, 0) is 42.4 Å². The SMILES string of the molecule is CC1(C)CC(Cc2ccc(C(F)(F)F)cc2)=CC(O)C1. The van der Waals surface area contributed by atoms with E-state index >= 15 is 0 Å². The molecule has 0 saturated heterocycles. The summed E-state index contributed by atoms with van der Waals surface area (Å²) in [6.07, 6.45) is -0.722. The van der Waals surface area contributed by atoms with E-state index in [-0.39, 0.29) is 5.41 Å². The lowest BCUT2D eigenvalue weighted by atomic mass is 9.75. The number of alkyl halides is 3. The molecule has 2 rings (SSSR count). The molecule has 1 atom stereocenters. The van der Waals surface area contributed by atoms with Crippen molar-refractivity contribution in [3.63, 3.8) is 0 Å². The van der Waals surface area contributed by atoms with E-state index in [9.17, 15) is 18.3 Å². The molecule has 1 aliphatic carbocycles. The molecular weight excluding hydrogens is 265 g/mol. The minimum Gasteiger partial charge on any atom is -0.389 e. The first kappa shape index (κ1) is 15.1. The van der Waals surface area contributed by atoms with Crippen LogP contribution in [0.15, 0.2) is 35.9 Å². The molecule has 110 valence electrons. The number of halogens is 3. The van der Waals surface area contributed by atoms with Crippen molar-refractivity contribution in [1.82, 2.24) is 0 Å². The van der Waals surface area contributed by atoms with E-state index < -0.39 is 17.8 Å². The number of hydrogen-bond acceptors (Lipinski definition) is 1. The van der Waals surface area contributed by atoms with Crippen LogP contribution in [0.25, 0.3) is 0 Å². The molecule has 0 saturated carbocycles. The number of aliphatic hydroxyl groups excluding tert-OH is 1. The second-order valence-electron chi connectivity index (χ2n) is 6.31. The summed E-state index contributed by atoms with van der Waals surface area (Å²) in [4.78, 5) is 0. The van der Waals surface area contributed by atoms with Crippen LogP contribution in [0, 0.1) is 5.41 Å². The lowest BCUT2D eigenvalue weighted by Crippen LogP contribution is -2.25. The molecule has 1 unspecified atom stereocenters. The van der Waals surface area contributed by atoms with Gasteiger partial charge in [-0.2, -0.15) is 13.2 Å². The van der Waals surface area contributed by atoms with Crippen molar-refractivity contribution in [2.45, 2.75) is 45.4 Å². The fourth-order valence-electron chi connectivity index (χ4n) is 2.84. The van der Waals surface area contributed by atoms with Crippen molar-refractivity contribution in [3.8, 4) is 0 Å². The van der Waals surface area contributed by atoms with Crippen molar-refractivity contribution in [2.24, 2.45) is 5.41 Å². The Kier molecular flexibility index (Phi) is 3.96. The van der Waals surface area contributed by atoms with Gasteiger partial charge in [-0.3, -0.25) is 0 Å². The summed E-state index contributed by atoms with van der Waals surface area (Å²) < 4.78 is 37.5. The Morgan fingerprint density at radius 3 is 2.30 bits per heavy atom. The standard InChI is InChI=1S/C16H19F3O/c1-15(2)9-12(8-14(20)10-15)7-11-3-5-13(6-4-11)16(17,18)19/h3-6,8,14,20H,7,9-10H2,1-2H3. The first-order chi connectivity index (χ1) is 9.16. The van der Waals surface area contributed by atoms with Crippen molar-refractivity contribution in [3.05, 3.63) is 47.0 Å². The summed E-state index contributed by atoms with van der Waals surface area (Å²) in [7, 11) is 0. The predicted octanol–water partition coefficient (Wildman–Crippen LogP) is 4.36. The Hall–Kier alpha value is -1.29. The molecule has 1 nitrogen and oxygen atoms in total. The fraction of sp³-hybridized carbons (Fsp3) is 0.500. The summed E-state index contributed by atoms with van der Waals surface area (Å²) in [5.41, 5.74) is 1.34. The smallest absolute Gasteiger partial charge is 0.389 e. The molecular formula is C16H19F3O. The normalized spacial score (nSPS) is 22.5. The Morgan fingerprint density at radius 1 is 1.20 bits per heavy atom. The Labute approximate surface area is 117 Å². The van der Waals surface area contributed by atoms with Gasteiger partial charge in [0.2, 0.25) is 0 Å². The largest absolute Gasteiger partial charge is 0.416 e. The molecule has 0 aliphatic heterocycles. The molecule has 1 aromatic rings. The number of rotatable bonds is 2. The van der Waals surface area contributed by atoms with Gasteiger partial charge in [-0.25, -0.2) is 0 Å². The van der Waals surface area contributed by atoms with Gasteiger partial charge in [0.25, 0.3) is 0 Å². The average molecular weight is 284 g/mol. The molecule has 0 amide bonds. The van der Waals surface area contributed by atoms with Gasteiger partial charge in [0.05, 0.1) is 11.7 Å². The molecule has 1 aliphatic rings. The maximum atomic E-state index is 12.5. The number of aliphatic hydroxyl groups is 1. The van der Waals surface area contributed by atoms with Crippen LogP contribution in [-0.4, -0.2) is 11.2 Å². The van der Waals surface area contributed by atoms with Crippen molar-refractivity contribution < 1.29 is 18.3 Å². The average Bonchev–Trinajstić information content (AvgIpc) is 2.25. The highest BCUT2D eigenvalue weighted by Gasteiger charge is 2.30. The third-order valence-electron chi connectivity index (χ3n) is 3.61. The summed E-state index contributed by atoms with van der Waals surface area (Å²) in [6.45, 7) is 4.19. The van der Waals surface area contributed by atoms with Crippen molar-refractivity contribution >= 4 is 0 Å². The number of allylic oxidation sites excluding steroid dienone is 1. The van der Waals surface area contributed by atoms with Crippen LogP contribution in [0.1, 0.15) is 37.8 Å². The highest BCUT2D eigenvalue weighted by atomic mass is 19.4. The Morgan fingerprint density at radius 2 is 1.80 bits per heavy atom. The van der Waals surface area contributed by atoms with Crippen molar-refractivity contribution in [2.75, 3.05) is 0 Å². The zero-order valence-electron chi connectivity index (χ0n) is 11.7. The zero-order chi connectivity index (χ0) is 15.0. The van der Waals surface area contributed by atoms with Gasteiger partial charge >= 0.3 is 6.18 Å². The van der Waals surface area contributed by atoms with Gasteiger partial charge in [0.15, 0.2) is 0 Å². The molecule has 0 fully saturated rings. The number of hydrogen-bond donors (Lipinski definition) is 1.